The van der Waals surface area contributed by atoms with Gasteiger partial charge in [0.25, 0.3) is 0 Å². The van der Waals surface area contributed by atoms with Crippen molar-refractivity contribution in [2.45, 2.75) is 51.0 Å². The van der Waals surface area contributed by atoms with Gasteiger partial charge in [0.05, 0.1) is 0 Å². The van der Waals surface area contributed by atoms with E-state index in [1.165, 1.54) is 5.57 Å². The Kier molecular flexibility index (Phi) is 2.97. The summed E-state index contributed by atoms with van der Waals surface area (Å²) < 4.78 is 0. The molecule has 6 atom stereocenters. The maximum absolute atomic E-state index is 11.7. The van der Waals surface area contributed by atoms with Crippen molar-refractivity contribution < 1.29 is 9.90 Å². The van der Waals surface area contributed by atoms with E-state index in [0.29, 0.717) is 30.1 Å². The van der Waals surface area contributed by atoms with Crippen LogP contribution in [0.25, 0.3) is 0 Å². The second-order valence-corrected chi connectivity index (χ2v) is 7.96. The molecule has 0 heterocycles. The normalized spacial score (nSPS) is 49.7. The molecule has 0 unspecified atom stereocenters. The van der Waals surface area contributed by atoms with Crippen LogP contribution >= 0.6 is 0 Å². The van der Waals surface area contributed by atoms with Gasteiger partial charge in [-0.1, -0.05) is 25.0 Å². The summed E-state index contributed by atoms with van der Waals surface area (Å²) >= 11 is 0. The SMILES string of the molecule is C#C[C@]1(O)CC[C@H]2[C@@H]3C=CC4=CC(=O)CC[C@@H]4[C@H]3CC[C@@]21C. The molecule has 1 N–H and O–H groups in total. The van der Waals surface area contributed by atoms with Crippen molar-refractivity contribution in [1.29, 1.82) is 0 Å². The summed E-state index contributed by atoms with van der Waals surface area (Å²) in [5, 5.41) is 10.9. The summed E-state index contributed by atoms with van der Waals surface area (Å²) in [6.45, 7) is 2.20. The van der Waals surface area contributed by atoms with Gasteiger partial charge >= 0.3 is 0 Å². The monoisotopic (exact) mass is 296 g/mol. The van der Waals surface area contributed by atoms with Gasteiger partial charge < -0.3 is 5.11 Å². The molecule has 4 rings (SSSR count). The fourth-order valence-corrected chi connectivity index (χ4v) is 5.91. The first-order chi connectivity index (χ1) is 10.5. The molecule has 0 aromatic rings. The van der Waals surface area contributed by atoms with Crippen molar-refractivity contribution in [2.75, 3.05) is 0 Å². The first-order valence-electron chi connectivity index (χ1n) is 8.61. The summed E-state index contributed by atoms with van der Waals surface area (Å²) in [5.41, 5.74) is 0.153. The van der Waals surface area contributed by atoms with E-state index < -0.39 is 5.60 Å². The van der Waals surface area contributed by atoms with Gasteiger partial charge in [-0.05, 0) is 67.4 Å². The van der Waals surface area contributed by atoms with Crippen LogP contribution in [0.15, 0.2) is 23.8 Å². The lowest BCUT2D eigenvalue weighted by molar-refractivity contribution is -0.115. The zero-order chi connectivity index (χ0) is 15.5. The third-order valence-electron chi connectivity index (χ3n) is 7.26. The Bertz CT molecular complexity index is 622. The van der Waals surface area contributed by atoms with Crippen molar-refractivity contribution in [3.8, 4) is 12.3 Å². The van der Waals surface area contributed by atoms with Gasteiger partial charge in [0.2, 0.25) is 0 Å². The molecule has 0 saturated heterocycles. The molecule has 2 nitrogen and oxygen atoms in total. The molecule has 2 saturated carbocycles. The Morgan fingerprint density at radius 3 is 2.91 bits per heavy atom. The van der Waals surface area contributed by atoms with Crippen molar-refractivity contribution in [3.63, 3.8) is 0 Å². The lowest BCUT2D eigenvalue weighted by Gasteiger charge is -2.52. The number of hydrogen-bond donors (Lipinski definition) is 1. The zero-order valence-corrected chi connectivity index (χ0v) is 13.2. The predicted molar refractivity (Wildman–Crippen MR) is 85.8 cm³/mol. The number of fused-ring (bicyclic) bond motifs is 5. The van der Waals surface area contributed by atoms with E-state index >= 15 is 0 Å². The summed E-state index contributed by atoms with van der Waals surface area (Å²) in [6, 6.07) is 0. The lowest BCUT2D eigenvalue weighted by Crippen LogP contribution is -2.51. The molecule has 0 radical (unpaired) electrons. The Morgan fingerprint density at radius 2 is 2.14 bits per heavy atom. The standard InChI is InChI=1S/C20H24O2/c1-3-20(22)11-9-18-17-6-4-13-12-14(21)5-7-15(13)16(17)8-10-19(18,20)2/h1,4,6,12,15-18,22H,5,7-11H2,2H3/t15-,16+,17+,18-,19-,20-/m0/s1. The molecule has 22 heavy (non-hydrogen) atoms. The van der Waals surface area contributed by atoms with E-state index in [2.05, 4.69) is 25.0 Å². The Labute approximate surface area is 132 Å². The van der Waals surface area contributed by atoms with Gasteiger partial charge in [-0.3, -0.25) is 4.79 Å². The highest BCUT2D eigenvalue weighted by atomic mass is 16.3. The van der Waals surface area contributed by atoms with Crippen molar-refractivity contribution in [1.82, 2.24) is 0 Å². The number of terminal acetylenes is 1. The molecular formula is C20H24O2. The highest BCUT2D eigenvalue weighted by Crippen LogP contribution is 2.63. The molecule has 4 aliphatic rings. The minimum Gasteiger partial charge on any atom is -0.377 e. The van der Waals surface area contributed by atoms with Crippen LogP contribution in [0.1, 0.15) is 45.4 Å². The maximum atomic E-state index is 11.7. The van der Waals surface area contributed by atoms with Crippen LogP contribution in [0.3, 0.4) is 0 Å². The van der Waals surface area contributed by atoms with Gasteiger partial charge in [0.15, 0.2) is 5.78 Å². The number of ketones is 1. The van der Waals surface area contributed by atoms with Crippen molar-refractivity contribution in [2.24, 2.45) is 29.1 Å². The average Bonchev–Trinajstić information content (AvgIpc) is 2.79. The summed E-state index contributed by atoms with van der Waals surface area (Å²) in [7, 11) is 0. The van der Waals surface area contributed by atoms with Crippen LogP contribution in [0.5, 0.6) is 0 Å². The average molecular weight is 296 g/mol. The second kappa shape index (κ2) is 4.59. The Hall–Kier alpha value is -1.33. The minimum absolute atomic E-state index is 0.154. The molecule has 116 valence electrons. The van der Waals surface area contributed by atoms with Gasteiger partial charge in [0, 0.05) is 11.8 Å². The van der Waals surface area contributed by atoms with E-state index in [1.807, 2.05) is 6.08 Å². The first-order valence-corrected chi connectivity index (χ1v) is 8.61. The van der Waals surface area contributed by atoms with Crippen LogP contribution in [0, 0.1) is 41.4 Å². The van der Waals surface area contributed by atoms with E-state index in [4.69, 9.17) is 6.42 Å². The summed E-state index contributed by atoms with van der Waals surface area (Å²) in [4.78, 5) is 11.7. The smallest absolute Gasteiger partial charge is 0.155 e. The molecule has 0 aromatic heterocycles. The quantitative estimate of drug-likeness (QED) is 0.697. The Morgan fingerprint density at radius 1 is 1.32 bits per heavy atom. The topological polar surface area (TPSA) is 37.3 Å². The number of aliphatic hydroxyl groups is 1. The van der Waals surface area contributed by atoms with Crippen LogP contribution in [-0.4, -0.2) is 16.5 Å². The highest BCUT2D eigenvalue weighted by Gasteiger charge is 2.61. The minimum atomic E-state index is -0.935. The van der Waals surface area contributed by atoms with Crippen molar-refractivity contribution in [3.05, 3.63) is 23.8 Å². The van der Waals surface area contributed by atoms with Gasteiger partial charge in [-0.25, -0.2) is 0 Å². The van der Waals surface area contributed by atoms with E-state index in [0.717, 1.165) is 32.1 Å². The van der Waals surface area contributed by atoms with Crippen LogP contribution in [0.2, 0.25) is 0 Å². The molecule has 0 aromatic carbocycles. The largest absolute Gasteiger partial charge is 0.377 e. The fourth-order valence-electron chi connectivity index (χ4n) is 5.91. The van der Waals surface area contributed by atoms with Crippen LogP contribution in [-0.2, 0) is 4.79 Å². The number of allylic oxidation sites excluding steroid dienone is 4. The van der Waals surface area contributed by atoms with Crippen LogP contribution in [0.4, 0.5) is 0 Å². The predicted octanol–water partition coefficient (Wildman–Crippen LogP) is 3.27. The molecule has 0 spiro atoms. The lowest BCUT2D eigenvalue weighted by atomic mass is 9.52. The summed E-state index contributed by atoms with van der Waals surface area (Å²) in [5.74, 6) is 5.14. The first kappa shape index (κ1) is 14.3. The molecule has 4 aliphatic carbocycles. The third-order valence-corrected chi connectivity index (χ3v) is 7.26. The molecular weight excluding hydrogens is 272 g/mol. The maximum Gasteiger partial charge on any atom is 0.155 e. The third kappa shape index (κ3) is 1.69. The Balaban J connectivity index is 1.71. The molecule has 2 fully saturated rings. The second-order valence-electron chi connectivity index (χ2n) is 7.96. The van der Waals surface area contributed by atoms with E-state index in [9.17, 15) is 9.90 Å². The summed E-state index contributed by atoms with van der Waals surface area (Å²) in [6.07, 6.45) is 17.6. The van der Waals surface area contributed by atoms with Gasteiger partial charge in [-0.15, -0.1) is 6.42 Å². The highest BCUT2D eigenvalue weighted by molar-refractivity contribution is 5.91. The number of carbonyl (C=O) groups is 1. The van der Waals surface area contributed by atoms with E-state index in [1.54, 1.807) is 0 Å². The zero-order valence-electron chi connectivity index (χ0n) is 13.2. The van der Waals surface area contributed by atoms with Gasteiger partial charge in [-0.2, -0.15) is 0 Å². The fraction of sp³-hybridized carbons (Fsp3) is 0.650. The van der Waals surface area contributed by atoms with E-state index in [-0.39, 0.29) is 11.2 Å². The number of rotatable bonds is 0. The van der Waals surface area contributed by atoms with Crippen molar-refractivity contribution >= 4 is 5.78 Å². The van der Waals surface area contributed by atoms with Gasteiger partial charge in [0.1, 0.15) is 5.60 Å². The molecule has 0 bridgehead atoms. The number of hydrogen-bond acceptors (Lipinski definition) is 2. The molecule has 0 amide bonds. The number of carbonyl (C=O) groups excluding carboxylic acids is 1. The van der Waals surface area contributed by atoms with Crippen LogP contribution < -0.4 is 0 Å². The molecule has 0 aliphatic heterocycles. The molecule has 2 heteroatoms.